The number of carbonyl (C=O) groups excluding carboxylic acids is 4. The average Bonchev–Trinajstić information content (AvgIpc) is 3.39. The van der Waals surface area contributed by atoms with Gasteiger partial charge in [0.1, 0.15) is 13.2 Å². The normalized spacial score (nSPS) is 11.6. The first-order chi connectivity index (χ1) is 33.6. The SMILES string of the molecule is CCCCCCCSc1ncc(-c2ccc(C(=O)O[C@@H](C)C(=O)OCc3ccccc3)cc2)cn1.CCCCCCSc1ncc(-c2ccc(C(=O)O[C@@H](C)C(=O)OCc3ccccc3)cc2)cn1. The molecule has 12 nitrogen and oxygen atoms in total. The fourth-order valence-corrected chi connectivity index (χ4v) is 8.06. The van der Waals surface area contributed by atoms with Crippen molar-refractivity contribution in [3.05, 3.63) is 156 Å². The molecule has 0 spiro atoms. The monoisotopic (exact) mass is 970 g/mol. The van der Waals surface area contributed by atoms with Crippen LogP contribution in [0.25, 0.3) is 22.3 Å². The molecule has 0 radical (unpaired) electrons. The largest absolute Gasteiger partial charge is 0.458 e. The molecule has 0 saturated heterocycles. The van der Waals surface area contributed by atoms with Crippen LogP contribution in [0.5, 0.6) is 0 Å². The van der Waals surface area contributed by atoms with Crippen LogP contribution in [0.3, 0.4) is 0 Å². The van der Waals surface area contributed by atoms with Gasteiger partial charge in [0, 0.05) is 47.4 Å². The van der Waals surface area contributed by atoms with Crippen molar-refractivity contribution in [2.45, 2.75) is 121 Å². The molecule has 0 aliphatic rings. The van der Waals surface area contributed by atoms with Crippen LogP contribution in [-0.4, -0.2) is 67.5 Å². The highest BCUT2D eigenvalue weighted by Gasteiger charge is 2.22. The molecule has 0 unspecified atom stereocenters. The van der Waals surface area contributed by atoms with Crippen molar-refractivity contribution in [3.8, 4) is 22.3 Å². The molecule has 0 aliphatic heterocycles. The van der Waals surface area contributed by atoms with E-state index in [9.17, 15) is 19.2 Å². The molecule has 2 heterocycles. The molecule has 6 aromatic rings. The highest BCUT2D eigenvalue weighted by Crippen LogP contribution is 2.24. The van der Waals surface area contributed by atoms with Crippen molar-refractivity contribution in [2.75, 3.05) is 11.5 Å². The van der Waals surface area contributed by atoms with E-state index in [1.165, 1.54) is 71.6 Å². The Morgan fingerprint density at radius 2 is 0.797 bits per heavy atom. The molecule has 0 fully saturated rings. The van der Waals surface area contributed by atoms with Gasteiger partial charge in [0.15, 0.2) is 22.5 Å². The summed E-state index contributed by atoms with van der Waals surface area (Å²) in [7, 11) is 0. The van der Waals surface area contributed by atoms with Crippen molar-refractivity contribution in [3.63, 3.8) is 0 Å². The zero-order chi connectivity index (χ0) is 49.1. The minimum absolute atomic E-state index is 0.133. The van der Waals surface area contributed by atoms with Gasteiger partial charge in [-0.05, 0) is 73.2 Å². The van der Waals surface area contributed by atoms with E-state index in [1.807, 2.05) is 84.9 Å². The average molecular weight is 971 g/mol. The van der Waals surface area contributed by atoms with Gasteiger partial charge in [-0.25, -0.2) is 39.1 Å². The van der Waals surface area contributed by atoms with Crippen LogP contribution in [0.1, 0.15) is 117 Å². The number of hydrogen-bond donors (Lipinski definition) is 0. The predicted octanol–water partition coefficient (Wildman–Crippen LogP) is 12.6. The number of benzene rings is 4. The maximum absolute atomic E-state index is 12.5. The van der Waals surface area contributed by atoms with Crippen LogP contribution in [0.2, 0.25) is 0 Å². The van der Waals surface area contributed by atoms with Crippen molar-refractivity contribution >= 4 is 47.4 Å². The van der Waals surface area contributed by atoms with Gasteiger partial charge in [-0.15, -0.1) is 0 Å². The quantitative estimate of drug-likeness (QED) is 0.0175. The third-order valence-electron chi connectivity index (χ3n) is 10.6. The second-order valence-corrected chi connectivity index (χ2v) is 18.2. The Morgan fingerprint density at radius 3 is 1.16 bits per heavy atom. The van der Waals surface area contributed by atoms with Crippen LogP contribution in [0.4, 0.5) is 0 Å². The summed E-state index contributed by atoms with van der Waals surface area (Å²) in [6.07, 6.45) is 16.3. The summed E-state index contributed by atoms with van der Waals surface area (Å²) in [6.45, 7) is 7.69. The van der Waals surface area contributed by atoms with E-state index in [0.29, 0.717) is 11.1 Å². The maximum atomic E-state index is 12.5. The number of nitrogens with zero attached hydrogens (tertiary/aromatic N) is 4. The molecule has 0 N–H and O–H groups in total. The van der Waals surface area contributed by atoms with Crippen molar-refractivity contribution in [2.24, 2.45) is 0 Å². The van der Waals surface area contributed by atoms with E-state index < -0.39 is 36.1 Å². The lowest BCUT2D eigenvalue weighted by atomic mass is 10.1. The molecule has 0 amide bonds. The van der Waals surface area contributed by atoms with E-state index in [2.05, 4.69) is 33.8 Å². The molecule has 0 aliphatic carbocycles. The number of rotatable bonds is 25. The molecule has 6 rings (SSSR count). The van der Waals surface area contributed by atoms with E-state index >= 15 is 0 Å². The maximum Gasteiger partial charge on any atom is 0.347 e. The summed E-state index contributed by atoms with van der Waals surface area (Å²) in [4.78, 5) is 67.0. The summed E-state index contributed by atoms with van der Waals surface area (Å²) < 4.78 is 21.0. The Hall–Kier alpha value is -6.38. The number of ether oxygens (including phenoxy) is 4. The summed E-state index contributed by atoms with van der Waals surface area (Å²) in [6, 6.07) is 32.6. The van der Waals surface area contributed by atoms with E-state index in [0.717, 1.165) is 55.2 Å². The molecule has 2 aromatic heterocycles. The van der Waals surface area contributed by atoms with E-state index in [-0.39, 0.29) is 13.2 Å². The number of hydrogen-bond acceptors (Lipinski definition) is 14. The first-order valence-electron chi connectivity index (χ1n) is 23.6. The third kappa shape index (κ3) is 19.3. The molecular formula is C55H62N4O8S2. The van der Waals surface area contributed by atoms with Gasteiger partial charge in [-0.2, -0.15) is 0 Å². The second kappa shape index (κ2) is 30.2. The number of esters is 4. The summed E-state index contributed by atoms with van der Waals surface area (Å²) in [5, 5.41) is 1.55. The van der Waals surface area contributed by atoms with Crippen molar-refractivity contribution in [1.29, 1.82) is 0 Å². The third-order valence-corrected chi connectivity index (χ3v) is 12.5. The van der Waals surface area contributed by atoms with Gasteiger partial charge >= 0.3 is 23.9 Å². The predicted molar refractivity (Wildman–Crippen MR) is 272 cm³/mol. The van der Waals surface area contributed by atoms with Gasteiger partial charge in [0.2, 0.25) is 0 Å². The molecule has 362 valence electrons. The molecule has 2 atom stereocenters. The van der Waals surface area contributed by atoms with Gasteiger partial charge in [0.05, 0.1) is 11.1 Å². The van der Waals surface area contributed by atoms with Gasteiger partial charge in [0.25, 0.3) is 0 Å². The molecule has 0 bridgehead atoms. The Labute approximate surface area is 414 Å². The van der Waals surface area contributed by atoms with Crippen LogP contribution < -0.4 is 0 Å². The Balaban J connectivity index is 0.000000258. The minimum Gasteiger partial charge on any atom is -0.458 e. The summed E-state index contributed by atoms with van der Waals surface area (Å²) >= 11 is 3.35. The standard InChI is InChI=1S/C28H32N2O4S.C27H30N2O4S/c1-3-4-5-6-10-17-35-28-29-18-25(19-30-28)23-13-15-24(16-14-23)27(32)34-21(2)26(31)33-20-22-11-8-7-9-12-22;1-3-4-5-9-16-34-27-28-17-24(18-29-27)22-12-14-23(15-13-22)26(31)33-20(2)25(30)32-19-21-10-7-6-8-11-21/h7-9,11-16,18-19,21H,3-6,10,17,20H2,1-2H3;6-8,10-15,17-18,20H,3-5,9,16,19H2,1-2H3/t21-;20-/m00/s1. The fraction of sp³-hybridized carbons (Fsp3) is 0.345. The lowest BCUT2D eigenvalue weighted by molar-refractivity contribution is -0.154. The van der Waals surface area contributed by atoms with Crippen LogP contribution in [0.15, 0.2) is 144 Å². The van der Waals surface area contributed by atoms with Gasteiger partial charge in [-0.1, -0.05) is 167 Å². The summed E-state index contributed by atoms with van der Waals surface area (Å²) in [5.74, 6) is -0.291. The first-order valence-corrected chi connectivity index (χ1v) is 25.5. The van der Waals surface area contributed by atoms with Crippen molar-refractivity contribution in [1.82, 2.24) is 19.9 Å². The van der Waals surface area contributed by atoms with Gasteiger partial charge < -0.3 is 18.9 Å². The minimum atomic E-state index is -1.00. The Bertz CT molecular complexity index is 2440. The summed E-state index contributed by atoms with van der Waals surface area (Å²) in [5.41, 5.74) is 5.97. The van der Waals surface area contributed by atoms with Gasteiger partial charge in [-0.3, -0.25) is 0 Å². The molecule has 4 aromatic carbocycles. The smallest absolute Gasteiger partial charge is 0.347 e. The second-order valence-electron chi connectivity index (χ2n) is 16.1. The Kier molecular flexibility index (Phi) is 23.4. The van der Waals surface area contributed by atoms with Crippen LogP contribution in [0, 0.1) is 0 Å². The Morgan fingerprint density at radius 1 is 0.449 bits per heavy atom. The number of carbonyl (C=O) groups is 4. The van der Waals surface area contributed by atoms with Crippen LogP contribution in [-0.2, 0) is 41.8 Å². The topological polar surface area (TPSA) is 157 Å². The lowest BCUT2D eigenvalue weighted by Crippen LogP contribution is -2.26. The molecular weight excluding hydrogens is 909 g/mol. The van der Waals surface area contributed by atoms with E-state index in [1.54, 1.807) is 72.6 Å². The number of thioether (sulfide) groups is 2. The van der Waals surface area contributed by atoms with Crippen molar-refractivity contribution < 1.29 is 38.1 Å². The van der Waals surface area contributed by atoms with E-state index in [4.69, 9.17) is 18.9 Å². The first kappa shape index (κ1) is 53.6. The zero-order valence-corrected chi connectivity index (χ0v) is 41.6. The molecule has 14 heteroatoms. The zero-order valence-electron chi connectivity index (χ0n) is 39.9. The number of aromatic nitrogens is 4. The molecule has 0 saturated carbocycles. The lowest BCUT2D eigenvalue weighted by Gasteiger charge is -2.13. The highest BCUT2D eigenvalue weighted by molar-refractivity contribution is 7.99. The van der Waals surface area contributed by atoms with Crippen LogP contribution >= 0.6 is 23.5 Å². The number of unbranched alkanes of at least 4 members (excludes halogenated alkanes) is 7. The highest BCUT2D eigenvalue weighted by atomic mass is 32.2. The molecule has 69 heavy (non-hydrogen) atoms. The fourth-order valence-electron chi connectivity index (χ4n) is 6.48.